The molecule has 2 aromatic rings. The van der Waals surface area contributed by atoms with Crippen LogP contribution >= 0.6 is 0 Å². The molecule has 0 fully saturated rings. The molecule has 8 heteroatoms. The standard InChI is InChI=1S/C13H13FN4O3/c1-8-4-9(2-3-10(8)14)5-15-12(19)7-18-6-11(13(20)21)16-17-18/h2-4,6H,5,7H2,1H3,(H,15,19)(H,20,21). The quantitative estimate of drug-likeness (QED) is 0.847. The van der Waals surface area contributed by atoms with E-state index in [-0.39, 0.29) is 30.5 Å². The van der Waals surface area contributed by atoms with Gasteiger partial charge in [0.05, 0.1) is 6.20 Å². The van der Waals surface area contributed by atoms with E-state index in [2.05, 4.69) is 15.6 Å². The van der Waals surface area contributed by atoms with Gasteiger partial charge in [0.25, 0.3) is 0 Å². The van der Waals surface area contributed by atoms with Gasteiger partial charge < -0.3 is 10.4 Å². The molecule has 0 bridgehead atoms. The topological polar surface area (TPSA) is 97.1 Å². The molecule has 1 aromatic heterocycles. The Kier molecular flexibility index (Phi) is 4.27. The summed E-state index contributed by atoms with van der Waals surface area (Å²) in [5.74, 6) is -1.85. The normalized spacial score (nSPS) is 10.4. The van der Waals surface area contributed by atoms with Crippen LogP contribution in [0.1, 0.15) is 21.6 Å². The van der Waals surface area contributed by atoms with Crippen LogP contribution in [0.3, 0.4) is 0 Å². The summed E-state index contributed by atoms with van der Waals surface area (Å²) >= 11 is 0. The second-order valence-electron chi connectivity index (χ2n) is 4.47. The molecule has 0 unspecified atom stereocenters. The van der Waals surface area contributed by atoms with Crippen molar-refractivity contribution in [3.63, 3.8) is 0 Å². The smallest absolute Gasteiger partial charge is 0.358 e. The van der Waals surface area contributed by atoms with Crippen molar-refractivity contribution in [1.29, 1.82) is 0 Å². The van der Waals surface area contributed by atoms with Crippen LogP contribution in [-0.2, 0) is 17.9 Å². The van der Waals surface area contributed by atoms with E-state index >= 15 is 0 Å². The maximum Gasteiger partial charge on any atom is 0.358 e. The predicted molar refractivity (Wildman–Crippen MR) is 70.0 cm³/mol. The van der Waals surface area contributed by atoms with Gasteiger partial charge in [0.15, 0.2) is 5.69 Å². The number of carbonyl (C=O) groups is 2. The molecule has 1 heterocycles. The van der Waals surface area contributed by atoms with Crippen LogP contribution in [-0.4, -0.2) is 32.0 Å². The van der Waals surface area contributed by atoms with Crippen molar-refractivity contribution >= 4 is 11.9 Å². The molecular formula is C13H13FN4O3. The van der Waals surface area contributed by atoms with Gasteiger partial charge >= 0.3 is 5.97 Å². The van der Waals surface area contributed by atoms with Crippen LogP contribution in [0, 0.1) is 12.7 Å². The first-order valence-corrected chi connectivity index (χ1v) is 6.11. The largest absolute Gasteiger partial charge is 0.476 e. The van der Waals surface area contributed by atoms with Crippen molar-refractivity contribution in [1.82, 2.24) is 20.3 Å². The number of aryl methyl sites for hydroxylation is 1. The molecule has 0 saturated heterocycles. The summed E-state index contributed by atoms with van der Waals surface area (Å²) in [5.41, 5.74) is 1.05. The fourth-order valence-electron chi connectivity index (χ4n) is 1.69. The number of rotatable bonds is 5. The molecular weight excluding hydrogens is 279 g/mol. The SMILES string of the molecule is Cc1cc(CNC(=O)Cn2cc(C(=O)O)nn2)ccc1F. The zero-order valence-corrected chi connectivity index (χ0v) is 11.2. The molecule has 0 aliphatic rings. The summed E-state index contributed by atoms with van der Waals surface area (Å²) in [6, 6.07) is 4.57. The van der Waals surface area contributed by atoms with Crippen molar-refractivity contribution in [3.05, 3.63) is 47.0 Å². The van der Waals surface area contributed by atoms with Gasteiger partial charge in [-0.05, 0) is 24.1 Å². The number of hydrogen-bond acceptors (Lipinski definition) is 4. The number of nitrogens with one attached hydrogen (secondary N) is 1. The summed E-state index contributed by atoms with van der Waals surface area (Å²) in [5, 5.41) is 18.3. The van der Waals surface area contributed by atoms with E-state index < -0.39 is 5.97 Å². The van der Waals surface area contributed by atoms with E-state index in [1.165, 1.54) is 12.3 Å². The van der Waals surface area contributed by atoms with Crippen LogP contribution in [0.15, 0.2) is 24.4 Å². The summed E-state index contributed by atoms with van der Waals surface area (Å²) in [7, 11) is 0. The number of carboxylic acid groups (broad SMARTS) is 1. The second-order valence-corrected chi connectivity index (χ2v) is 4.47. The molecule has 0 aliphatic heterocycles. The average molecular weight is 292 g/mol. The Morgan fingerprint density at radius 2 is 2.19 bits per heavy atom. The van der Waals surface area contributed by atoms with Crippen LogP contribution in [0.5, 0.6) is 0 Å². The third kappa shape index (κ3) is 3.85. The van der Waals surface area contributed by atoms with E-state index in [1.54, 1.807) is 19.1 Å². The summed E-state index contributed by atoms with van der Waals surface area (Å²) in [4.78, 5) is 22.3. The number of nitrogens with zero attached hydrogens (tertiary/aromatic N) is 3. The molecule has 2 rings (SSSR count). The van der Waals surface area contributed by atoms with Gasteiger partial charge in [-0.3, -0.25) is 4.79 Å². The molecule has 110 valence electrons. The minimum Gasteiger partial charge on any atom is -0.476 e. The molecule has 0 radical (unpaired) electrons. The Bertz CT molecular complexity index is 684. The van der Waals surface area contributed by atoms with Gasteiger partial charge in [-0.15, -0.1) is 5.10 Å². The van der Waals surface area contributed by atoms with Gasteiger partial charge in [-0.2, -0.15) is 0 Å². The highest BCUT2D eigenvalue weighted by molar-refractivity contribution is 5.84. The Morgan fingerprint density at radius 3 is 2.81 bits per heavy atom. The molecule has 0 aliphatic carbocycles. The first-order valence-electron chi connectivity index (χ1n) is 6.11. The highest BCUT2D eigenvalue weighted by atomic mass is 19.1. The monoisotopic (exact) mass is 292 g/mol. The number of carboxylic acids is 1. The molecule has 21 heavy (non-hydrogen) atoms. The second kappa shape index (κ2) is 6.12. The predicted octanol–water partition coefficient (Wildman–Crippen LogP) is 0.740. The van der Waals surface area contributed by atoms with Crippen LogP contribution in [0.4, 0.5) is 4.39 Å². The van der Waals surface area contributed by atoms with E-state index in [1.807, 2.05) is 0 Å². The lowest BCUT2D eigenvalue weighted by atomic mass is 10.1. The zero-order chi connectivity index (χ0) is 15.4. The maximum absolute atomic E-state index is 13.1. The van der Waals surface area contributed by atoms with Gasteiger partial charge in [-0.25, -0.2) is 13.9 Å². The lowest BCUT2D eigenvalue weighted by Crippen LogP contribution is -2.27. The third-order valence-electron chi connectivity index (χ3n) is 2.78. The Labute approximate surface area is 119 Å². The van der Waals surface area contributed by atoms with E-state index in [0.29, 0.717) is 5.56 Å². The van der Waals surface area contributed by atoms with Crippen molar-refractivity contribution in [2.24, 2.45) is 0 Å². The van der Waals surface area contributed by atoms with Crippen LogP contribution < -0.4 is 5.32 Å². The molecule has 0 atom stereocenters. The fraction of sp³-hybridized carbons (Fsp3) is 0.231. The van der Waals surface area contributed by atoms with Gasteiger partial charge in [0, 0.05) is 6.54 Å². The first-order chi connectivity index (χ1) is 9.95. The lowest BCUT2D eigenvalue weighted by molar-refractivity contribution is -0.122. The van der Waals surface area contributed by atoms with E-state index in [9.17, 15) is 14.0 Å². The highest BCUT2D eigenvalue weighted by Gasteiger charge is 2.10. The van der Waals surface area contributed by atoms with Crippen LogP contribution in [0.2, 0.25) is 0 Å². The van der Waals surface area contributed by atoms with E-state index in [0.717, 1.165) is 10.2 Å². The minimum absolute atomic E-state index is 0.138. The van der Waals surface area contributed by atoms with Crippen molar-refractivity contribution in [2.45, 2.75) is 20.0 Å². The van der Waals surface area contributed by atoms with Gasteiger partial charge in [0.2, 0.25) is 5.91 Å². The van der Waals surface area contributed by atoms with Crippen molar-refractivity contribution in [2.75, 3.05) is 0 Å². The third-order valence-corrected chi connectivity index (χ3v) is 2.78. The van der Waals surface area contributed by atoms with Crippen molar-refractivity contribution < 1.29 is 19.1 Å². The number of hydrogen-bond donors (Lipinski definition) is 2. The number of amides is 1. The molecule has 0 spiro atoms. The maximum atomic E-state index is 13.1. The van der Waals surface area contributed by atoms with Gasteiger partial charge in [-0.1, -0.05) is 17.3 Å². The Morgan fingerprint density at radius 1 is 1.43 bits per heavy atom. The molecule has 1 amide bonds. The van der Waals surface area contributed by atoms with Crippen molar-refractivity contribution in [3.8, 4) is 0 Å². The zero-order valence-electron chi connectivity index (χ0n) is 11.2. The fourth-order valence-corrected chi connectivity index (χ4v) is 1.69. The van der Waals surface area contributed by atoms with Gasteiger partial charge in [0.1, 0.15) is 12.4 Å². The Hall–Kier alpha value is -2.77. The first kappa shape index (κ1) is 14.6. The number of carbonyl (C=O) groups excluding carboxylic acids is 1. The molecule has 7 nitrogen and oxygen atoms in total. The molecule has 0 saturated carbocycles. The highest BCUT2D eigenvalue weighted by Crippen LogP contribution is 2.08. The number of aromatic carboxylic acids is 1. The Balaban J connectivity index is 1.89. The molecule has 1 aromatic carbocycles. The lowest BCUT2D eigenvalue weighted by Gasteiger charge is -2.06. The number of benzene rings is 1. The summed E-state index contributed by atoms with van der Waals surface area (Å²) in [6.07, 6.45) is 1.17. The number of halogens is 1. The average Bonchev–Trinajstić information content (AvgIpc) is 2.89. The number of aromatic nitrogens is 3. The van der Waals surface area contributed by atoms with Crippen LogP contribution in [0.25, 0.3) is 0 Å². The van der Waals surface area contributed by atoms with E-state index in [4.69, 9.17) is 5.11 Å². The molecule has 2 N–H and O–H groups in total. The summed E-state index contributed by atoms with van der Waals surface area (Å²) in [6.45, 7) is 1.75. The minimum atomic E-state index is -1.21. The summed E-state index contributed by atoms with van der Waals surface area (Å²) < 4.78 is 14.2.